The second kappa shape index (κ2) is 6.84. The van der Waals surface area contributed by atoms with Gasteiger partial charge in [-0.3, -0.25) is 0 Å². The number of anilines is 1. The molecule has 4 nitrogen and oxygen atoms in total. The van der Waals surface area contributed by atoms with Crippen LogP contribution in [-0.2, 0) is 6.42 Å². The van der Waals surface area contributed by atoms with Crippen LogP contribution in [0.4, 0.5) is 10.3 Å². The molecule has 20 heavy (non-hydrogen) atoms. The Morgan fingerprint density at radius 2 is 1.95 bits per heavy atom. The van der Waals surface area contributed by atoms with Crippen molar-refractivity contribution < 1.29 is 9.13 Å². The van der Waals surface area contributed by atoms with Gasteiger partial charge in [-0.15, -0.1) is 0 Å². The van der Waals surface area contributed by atoms with Gasteiger partial charge in [0.05, 0.1) is 6.10 Å². The van der Waals surface area contributed by atoms with Gasteiger partial charge in [0.2, 0.25) is 11.8 Å². The van der Waals surface area contributed by atoms with E-state index in [1.165, 1.54) is 12.1 Å². The molecule has 106 valence electrons. The van der Waals surface area contributed by atoms with E-state index < -0.39 is 0 Å². The van der Waals surface area contributed by atoms with Crippen LogP contribution in [0.25, 0.3) is 0 Å². The van der Waals surface area contributed by atoms with Crippen molar-refractivity contribution in [2.45, 2.75) is 26.4 Å². The molecule has 0 fully saturated rings. The van der Waals surface area contributed by atoms with Gasteiger partial charge in [0.15, 0.2) is 0 Å². The summed E-state index contributed by atoms with van der Waals surface area (Å²) in [5.41, 5.74) is 1.06. The van der Waals surface area contributed by atoms with Crippen molar-refractivity contribution >= 4 is 5.95 Å². The predicted molar refractivity (Wildman–Crippen MR) is 76.4 cm³/mol. The van der Waals surface area contributed by atoms with Crippen molar-refractivity contribution in [1.82, 2.24) is 9.97 Å². The number of halogens is 1. The highest BCUT2D eigenvalue weighted by atomic mass is 19.1. The molecule has 0 amide bonds. The molecule has 0 spiro atoms. The molecule has 0 saturated heterocycles. The summed E-state index contributed by atoms with van der Waals surface area (Å²) >= 11 is 0. The van der Waals surface area contributed by atoms with Gasteiger partial charge in [-0.05, 0) is 38.0 Å². The summed E-state index contributed by atoms with van der Waals surface area (Å²) in [6.45, 7) is 4.57. The Bertz CT molecular complexity index is 543. The molecule has 0 aliphatic heterocycles. The van der Waals surface area contributed by atoms with E-state index in [0.29, 0.717) is 18.4 Å². The molecule has 2 rings (SSSR count). The van der Waals surface area contributed by atoms with Crippen LogP contribution >= 0.6 is 0 Å². The summed E-state index contributed by atoms with van der Waals surface area (Å²) in [6.07, 6.45) is 2.51. The number of hydrogen-bond acceptors (Lipinski definition) is 4. The van der Waals surface area contributed by atoms with Crippen LogP contribution in [0.1, 0.15) is 19.4 Å². The minimum Gasteiger partial charge on any atom is -0.475 e. The van der Waals surface area contributed by atoms with Crippen molar-refractivity contribution in [2.24, 2.45) is 0 Å². The van der Waals surface area contributed by atoms with E-state index in [9.17, 15) is 4.39 Å². The monoisotopic (exact) mass is 275 g/mol. The number of nitrogens with zero attached hydrogens (tertiary/aromatic N) is 2. The van der Waals surface area contributed by atoms with Gasteiger partial charge in [0, 0.05) is 18.8 Å². The zero-order valence-corrected chi connectivity index (χ0v) is 11.6. The van der Waals surface area contributed by atoms with Crippen LogP contribution in [0.3, 0.4) is 0 Å². The number of nitrogens with one attached hydrogen (secondary N) is 1. The van der Waals surface area contributed by atoms with E-state index in [0.717, 1.165) is 12.0 Å². The highest BCUT2D eigenvalue weighted by molar-refractivity contribution is 5.28. The topological polar surface area (TPSA) is 47.0 Å². The predicted octanol–water partition coefficient (Wildman–Crippen LogP) is 3.06. The maximum Gasteiger partial charge on any atom is 0.225 e. The van der Waals surface area contributed by atoms with Gasteiger partial charge in [0.25, 0.3) is 0 Å². The molecular formula is C15H18FN3O. The Morgan fingerprint density at radius 3 is 2.65 bits per heavy atom. The first-order chi connectivity index (χ1) is 9.63. The molecule has 0 unspecified atom stereocenters. The average Bonchev–Trinajstić information content (AvgIpc) is 2.41. The summed E-state index contributed by atoms with van der Waals surface area (Å²) in [7, 11) is 0. The maximum absolute atomic E-state index is 12.8. The third-order valence-corrected chi connectivity index (χ3v) is 2.60. The van der Waals surface area contributed by atoms with Gasteiger partial charge in [-0.1, -0.05) is 12.1 Å². The fourth-order valence-corrected chi connectivity index (χ4v) is 1.70. The first-order valence-corrected chi connectivity index (χ1v) is 6.61. The number of ether oxygens (including phenoxy) is 1. The summed E-state index contributed by atoms with van der Waals surface area (Å²) in [4.78, 5) is 8.38. The minimum absolute atomic E-state index is 0.0805. The summed E-state index contributed by atoms with van der Waals surface area (Å²) < 4.78 is 18.3. The second-order valence-electron chi connectivity index (χ2n) is 4.69. The standard InChI is InChI=1S/C15H18FN3O/c1-11(2)20-14-8-10-18-15(19-14)17-9-7-12-3-5-13(16)6-4-12/h3-6,8,10-11H,7,9H2,1-2H3,(H,17,18,19). The van der Waals surface area contributed by atoms with Crippen molar-refractivity contribution in [3.8, 4) is 5.88 Å². The largest absolute Gasteiger partial charge is 0.475 e. The molecule has 1 aromatic carbocycles. The molecule has 0 aliphatic rings. The lowest BCUT2D eigenvalue weighted by Crippen LogP contribution is -2.11. The average molecular weight is 275 g/mol. The van der Waals surface area contributed by atoms with Gasteiger partial charge >= 0.3 is 0 Å². The Labute approximate surface area is 118 Å². The van der Waals surface area contributed by atoms with Crippen LogP contribution in [-0.4, -0.2) is 22.6 Å². The molecule has 5 heteroatoms. The van der Waals surface area contributed by atoms with Gasteiger partial charge in [-0.2, -0.15) is 4.98 Å². The van der Waals surface area contributed by atoms with Gasteiger partial charge < -0.3 is 10.1 Å². The SMILES string of the molecule is CC(C)Oc1ccnc(NCCc2ccc(F)cc2)n1. The molecular weight excluding hydrogens is 257 g/mol. The van der Waals surface area contributed by atoms with E-state index in [-0.39, 0.29) is 11.9 Å². The van der Waals surface area contributed by atoms with E-state index in [2.05, 4.69) is 15.3 Å². The summed E-state index contributed by atoms with van der Waals surface area (Å²) in [6, 6.07) is 8.20. The summed E-state index contributed by atoms with van der Waals surface area (Å²) in [5, 5.41) is 3.13. The molecule has 1 heterocycles. The van der Waals surface area contributed by atoms with Crippen molar-refractivity contribution in [2.75, 3.05) is 11.9 Å². The molecule has 2 aromatic rings. The lowest BCUT2D eigenvalue weighted by molar-refractivity contribution is 0.232. The fraction of sp³-hybridized carbons (Fsp3) is 0.333. The molecule has 0 radical (unpaired) electrons. The molecule has 0 atom stereocenters. The van der Waals surface area contributed by atoms with Gasteiger partial charge in [-0.25, -0.2) is 9.37 Å². The molecule has 1 N–H and O–H groups in total. The molecule has 0 bridgehead atoms. The number of benzene rings is 1. The van der Waals surface area contributed by atoms with E-state index in [1.54, 1.807) is 24.4 Å². The lowest BCUT2D eigenvalue weighted by atomic mass is 10.1. The number of aromatic nitrogens is 2. The van der Waals surface area contributed by atoms with E-state index in [4.69, 9.17) is 4.74 Å². The van der Waals surface area contributed by atoms with Crippen LogP contribution in [0.2, 0.25) is 0 Å². The Hall–Kier alpha value is -2.17. The highest BCUT2D eigenvalue weighted by Gasteiger charge is 2.02. The zero-order valence-electron chi connectivity index (χ0n) is 11.6. The Morgan fingerprint density at radius 1 is 1.20 bits per heavy atom. The second-order valence-corrected chi connectivity index (χ2v) is 4.69. The molecule has 0 saturated carbocycles. The zero-order chi connectivity index (χ0) is 14.4. The summed E-state index contributed by atoms with van der Waals surface area (Å²) in [5.74, 6) is 0.869. The first kappa shape index (κ1) is 14.2. The highest BCUT2D eigenvalue weighted by Crippen LogP contribution is 2.10. The molecule has 0 aliphatic carbocycles. The third kappa shape index (κ3) is 4.50. The minimum atomic E-state index is -0.219. The first-order valence-electron chi connectivity index (χ1n) is 6.61. The van der Waals surface area contributed by atoms with Crippen LogP contribution in [0.15, 0.2) is 36.5 Å². The third-order valence-electron chi connectivity index (χ3n) is 2.60. The van der Waals surface area contributed by atoms with Gasteiger partial charge in [0.1, 0.15) is 5.82 Å². The number of hydrogen-bond donors (Lipinski definition) is 1. The van der Waals surface area contributed by atoms with Crippen LogP contribution < -0.4 is 10.1 Å². The quantitative estimate of drug-likeness (QED) is 0.880. The Balaban J connectivity index is 1.86. The van der Waals surface area contributed by atoms with E-state index in [1.807, 2.05) is 13.8 Å². The van der Waals surface area contributed by atoms with Crippen molar-refractivity contribution in [3.05, 3.63) is 47.9 Å². The smallest absolute Gasteiger partial charge is 0.225 e. The Kier molecular flexibility index (Phi) is 4.87. The fourth-order valence-electron chi connectivity index (χ4n) is 1.70. The number of rotatable bonds is 6. The van der Waals surface area contributed by atoms with Crippen molar-refractivity contribution in [1.29, 1.82) is 0 Å². The lowest BCUT2D eigenvalue weighted by Gasteiger charge is -2.10. The van der Waals surface area contributed by atoms with Crippen LogP contribution in [0, 0.1) is 5.82 Å². The van der Waals surface area contributed by atoms with Crippen molar-refractivity contribution in [3.63, 3.8) is 0 Å². The molecule has 1 aromatic heterocycles. The van der Waals surface area contributed by atoms with E-state index >= 15 is 0 Å². The normalized spacial score (nSPS) is 10.6. The maximum atomic E-state index is 12.8. The van der Waals surface area contributed by atoms with Crippen LogP contribution in [0.5, 0.6) is 5.88 Å².